The Morgan fingerprint density at radius 3 is 2.57 bits per heavy atom. The summed E-state index contributed by atoms with van der Waals surface area (Å²) >= 11 is 3.14. The van der Waals surface area contributed by atoms with Crippen LogP contribution in [0.2, 0.25) is 0 Å². The summed E-state index contributed by atoms with van der Waals surface area (Å²) in [5.74, 6) is -2.01. The summed E-state index contributed by atoms with van der Waals surface area (Å²) in [4.78, 5) is 21.1. The van der Waals surface area contributed by atoms with Gasteiger partial charge in [-0.3, -0.25) is 10.1 Å². The SMILES string of the molecule is O=C(O)c1cc([N+](=O)[O-])ccc1Oc1cc(F)ccc1Br. The van der Waals surface area contributed by atoms with E-state index in [1.54, 1.807) is 0 Å². The number of nitro benzene ring substituents is 1. The lowest BCUT2D eigenvalue weighted by Gasteiger charge is -2.10. The number of benzene rings is 2. The molecule has 0 atom stereocenters. The molecule has 2 rings (SSSR count). The van der Waals surface area contributed by atoms with Crippen molar-refractivity contribution < 1.29 is 24.0 Å². The third-order valence-electron chi connectivity index (χ3n) is 2.52. The van der Waals surface area contributed by atoms with Crippen LogP contribution in [0.3, 0.4) is 0 Å². The fourth-order valence-electron chi connectivity index (χ4n) is 1.56. The van der Waals surface area contributed by atoms with E-state index >= 15 is 0 Å². The highest BCUT2D eigenvalue weighted by Crippen LogP contribution is 2.33. The van der Waals surface area contributed by atoms with Crippen molar-refractivity contribution in [3.63, 3.8) is 0 Å². The quantitative estimate of drug-likeness (QED) is 0.661. The van der Waals surface area contributed by atoms with E-state index in [1.807, 2.05) is 0 Å². The zero-order valence-electron chi connectivity index (χ0n) is 10.2. The Balaban J connectivity index is 2.46. The average Bonchev–Trinajstić information content (AvgIpc) is 2.42. The smallest absolute Gasteiger partial charge is 0.339 e. The number of non-ortho nitro benzene ring substituents is 1. The van der Waals surface area contributed by atoms with Crippen molar-refractivity contribution in [2.45, 2.75) is 0 Å². The van der Waals surface area contributed by atoms with Gasteiger partial charge in [0.15, 0.2) is 0 Å². The Kier molecular flexibility index (Phi) is 4.18. The Morgan fingerprint density at radius 1 is 1.24 bits per heavy atom. The van der Waals surface area contributed by atoms with Crippen LogP contribution >= 0.6 is 15.9 Å². The third-order valence-corrected chi connectivity index (χ3v) is 3.17. The molecule has 0 bridgehead atoms. The van der Waals surface area contributed by atoms with Gasteiger partial charge in [-0.05, 0) is 34.1 Å². The monoisotopic (exact) mass is 355 g/mol. The summed E-state index contributed by atoms with van der Waals surface area (Å²) in [7, 11) is 0. The topological polar surface area (TPSA) is 89.7 Å². The number of carboxylic acid groups (broad SMARTS) is 1. The fourth-order valence-corrected chi connectivity index (χ4v) is 1.89. The minimum Gasteiger partial charge on any atom is -0.478 e. The molecule has 0 aliphatic carbocycles. The molecular weight excluding hydrogens is 349 g/mol. The molecule has 0 spiro atoms. The lowest BCUT2D eigenvalue weighted by atomic mass is 10.2. The molecule has 0 saturated heterocycles. The zero-order valence-corrected chi connectivity index (χ0v) is 11.8. The minimum atomic E-state index is -1.39. The van der Waals surface area contributed by atoms with Gasteiger partial charge in [0.1, 0.15) is 22.9 Å². The normalized spacial score (nSPS) is 10.2. The van der Waals surface area contributed by atoms with E-state index in [2.05, 4.69) is 15.9 Å². The van der Waals surface area contributed by atoms with Crippen LogP contribution in [0.25, 0.3) is 0 Å². The van der Waals surface area contributed by atoms with Crippen molar-refractivity contribution in [3.8, 4) is 11.5 Å². The second kappa shape index (κ2) is 5.88. The fraction of sp³-hybridized carbons (Fsp3) is 0. The largest absolute Gasteiger partial charge is 0.478 e. The van der Waals surface area contributed by atoms with Crippen molar-refractivity contribution in [1.82, 2.24) is 0 Å². The molecule has 0 aliphatic heterocycles. The van der Waals surface area contributed by atoms with Gasteiger partial charge in [-0.25, -0.2) is 9.18 Å². The molecule has 0 unspecified atom stereocenters. The maximum atomic E-state index is 13.2. The molecule has 6 nitrogen and oxygen atoms in total. The highest BCUT2D eigenvalue weighted by molar-refractivity contribution is 9.10. The molecule has 0 radical (unpaired) electrons. The van der Waals surface area contributed by atoms with E-state index in [0.717, 1.165) is 24.3 Å². The van der Waals surface area contributed by atoms with Crippen molar-refractivity contribution in [3.05, 3.63) is 62.4 Å². The Labute approximate surface area is 126 Å². The van der Waals surface area contributed by atoms with Crippen LogP contribution in [0.5, 0.6) is 11.5 Å². The van der Waals surface area contributed by atoms with Gasteiger partial charge in [-0.1, -0.05) is 0 Å². The first-order valence-electron chi connectivity index (χ1n) is 5.53. The number of ether oxygens (including phenoxy) is 1. The number of aromatic carboxylic acids is 1. The molecule has 0 aliphatic rings. The average molecular weight is 356 g/mol. The molecule has 0 aromatic heterocycles. The number of carbonyl (C=O) groups is 1. The number of hydrogen-bond donors (Lipinski definition) is 1. The summed E-state index contributed by atoms with van der Waals surface area (Å²) in [6.07, 6.45) is 0. The van der Waals surface area contributed by atoms with Gasteiger partial charge in [0.25, 0.3) is 5.69 Å². The van der Waals surface area contributed by atoms with E-state index < -0.39 is 16.7 Å². The second-order valence-corrected chi connectivity index (χ2v) is 4.77. The lowest BCUT2D eigenvalue weighted by Crippen LogP contribution is -2.02. The molecule has 21 heavy (non-hydrogen) atoms. The maximum Gasteiger partial charge on any atom is 0.339 e. The van der Waals surface area contributed by atoms with Gasteiger partial charge in [0.2, 0.25) is 0 Å². The van der Waals surface area contributed by atoms with Crippen LogP contribution in [0.15, 0.2) is 40.9 Å². The summed E-state index contributed by atoms with van der Waals surface area (Å²) in [6, 6.07) is 6.80. The van der Waals surface area contributed by atoms with Crippen LogP contribution in [0.4, 0.5) is 10.1 Å². The molecule has 2 aromatic carbocycles. The predicted molar refractivity (Wildman–Crippen MR) is 74.2 cm³/mol. The predicted octanol–water partition coefficient (Wildman–Crippen LogP) is 3.99. The Hall–Kier alpha value is -2.48. The second-order valence-electron chi connectivity index (χ2n) is 3.92. The Bertz CT molecular complexity index is 734. The van der Waals surface area contributed by atoms with Crippen LogP contribution in [-0.4, -0.2) is 16.0 Å². The van der Waals surface area contributed by atoms with E-state index in [4.69, 9.17) is 9.84 Å². The van der Waals surface area contributed by atoms with E-state index in [9.17, 15) is 19.3 Å². The van der Waals surface area contributed by atoms with E-state index in [1.165, 1.54) is 12.1 Å². The van der Waals surface area contributed by atoms with Crippen molar-refractivity contribution in [1.29, 1.82) is 0 Å². The first-order valence-corrected chi connectivity index (χ1v) is 6.32. The molecular formula is C13H7BrFNO5. The molecule has 0 saturated carbocycles. The van der Waals surface area contributed by atoms with Crippen LogP contribution in [0, 0.1) is 15.9 Å². The van der Waals surface area contributed by atoms with Crippen LogP contribution in [-0.2, 0) is 0 Å². The van der Waals surface area contributed by atoms with E-state index in [0.29, 0.717) is 4.47 Å². The zero-order chi connectivity index (χ0) is 15.6. The van der Waals surface area contributed by atoms with Gasteiger partial charge in [-0.15, -0.1) is 0 Å². The summed E-state index contributed by atoms with van der Waals surface area (Å²) in [5.41, 5.74) is -0.765. The molecule has 8 heteroatoms. The number of rotatable bonds is 4. The summed E-state index contributed by atoms with van der Waals surface area (Å²) in [6.45, 7) is 0. The molecule has 108 valence electrons. The van der Waals surface area contributed by atoms with Crippen molar-refractivity contribution >= 4 is 27.6 Å². The Morgan fingerprint density at radius 2 is 1.95 bits per heavy atom. The van der Waals surface area contributed by atoms with E-state index in [-0.39, 0.29) is 22.7 Å². The van der Waals surface area contributed by atoms with Gasteiger partial charge in [0, 0.05) is 18.2 Å². The van der Waals surface area contributed by atoms with Gasteiger partial charge >= 0.3 is 5.97 Å². The number of halogens is 2. The molecule has 0 heterocycles. The highest BCUT2D eigenvalue weighted by atomic mass is 79.9. The van der Waals surface area contributed by atoms with Crippen molar-refractivity contribution in [2.75, 3.05) is 0 Å². The summed E-state index contributed by atoms with van der Waals surface area (Å²) < 4.78 is 18.9. The molecule has 1 N–H and O–H groups in total. The standard InChI is InChI=1S/C13H7BrFNO5/c14-10-3-1-7(15)5-12(10)21-11-4-2-8(16(19)20)6-9(11)13(17)18/h1-6H,(H,17,18). The first-order chi connectivity index (χ1) is 9.88. The highest BCUT2D eigenvalue weighted by Gasteiger charge is 2.18. The van der Waals surface area contributed by atoms with Gasteiger partial charge in [0.05, 0.1) is 9.40 Å². The van der Waals surface area contributed by atoms with Gasteiger partial charge in [-0.2, -0.15) is 0 Å². The first kappa shape index (κ1) is 14.9. The third kappa shape index (κ3) is 3.34. The lowest BCUT2D eigenvalue weighted by molar-refractivity contribution is -0.384. The molecule has 0 amide bonds. The number of carboxylic acids is 1. The van der Waals surface area contributed by atoms with Crippen LogP contribution < -0.4 is 4.74 Å². The van der Waals surface area contributed by atoms with Crippen LogP contribution in [0.1, 0.15) is 10.4 Å². The number of nitro groups is 1. The number of nitrogens with zero attached hydrogens (tertiary/aromatic N) is 1. The van der Waals surface area contributed by atoms with Crippen molar-refractivity contribution in [2.24, 2.45) is 0 Å². The molecule has 2 aromatic rings. The maximum absolute atomic E-state index is 13.2. The number of hydrogen-bond acceptors (Lipinski definition) is 4. The molecule has 0 fully saturated rings. The summed E-state index contributed by atoms with van der Waals surface area (Å²) in [5, 5.41) is 19.7. The minimum absolute atomic E-state index is 0.0614. The van der Waals surface area contributed by atoms with Gasteiger partial charge < -0.3 is 9.84 Å².